The standard InChI is InChI=1S/C12H15NOS/c1-8(2)13-7-11-6-9-5-10(14)3-4-12(9)15-11/h3-6,8,13-14H,7H2,1-2H3. The van der Waals surface area contributed by atoms with E-state index >= 15 is 0 Å². The van der Waals surface area contributed by atoms with Crippen LogP contribution in [0.5, 0.6) is 5.75 Å². The van der Waals surface area contributed by atoms with Crippen LogP contribution in [0.1, 0.15) is 18.7 Å². The summed E-state index contributed by atoms with van der Waals surface area (Å²) in [4.78, 5) is 1.31. The van der Waals surface area contributed by atoms with Gasteiger partial charge in [-0.15, -0.1) is 11.3 Å². The molecule has 2 aromatic rings. The third-order valence-electron chi connectivity index (χ3n) is 2.24. The first-order valence-electron chi connectivity index (χ1n) is 5.10. The third kappa shape index (κ3) is 2.49. The Balaban J connectivity index is 2.23. The van der Waals surface area contributed by atoms with Crippen molar-refractivity contribution in [2.45, 2.75) is 26.4 Å². The Morgan fingerprint density at radius 3 is 2.87 bits per heavy atom. The second-order valence-electron chi connectivity index (χ2n) is 3.97. The summed E-state index contributed by atoms with van der Waals surface area (Å²) in [5.41, 5.74) is 0. The zero-order valence-corrected chi connectivity index (χ0v) is 9.77. The average Bonchev–Trinajstić information content (AvgIpc) is 2.56. The van der Waals surface area contributed by atoms with E-state index < -0.39 is 0 Å². The van der Waals surface area contributed by atoms with Gasteiger partial charge in [-0.25, -0.2) is 0 Å². The van der Waals surface area contributed by atoms with Crippen LogP contribution in [-0.2, 0) is 6.54 Å². The predicted octanol–water partition coefficient (Wildman–Crippen LogP) is 3.10. The monoisotopic (exact) mass is 221 g/mol. The fourth-order valence-corrected chi connectivity index (χ4v) is 2.47. The molecule has 1 aromatic heterocycles. The molecular formula is C12H15NOS. The van der Waals surface area contributed by atoms with Crippen LogP contribution in [0, 0.1) is 0 Å². The SMILES string of the molecule is CC(C)NCc1cc2cc(O)ccc2s1. The number of hydrogen-bond acceptors (Lipinski definition) is 3. The molecule has 2 N–H and O–H groups in total. The van der Waals surface area contributed by atoms with Crippen molar-refractivity contribution >= 4 is 21.4 Å². The van der Waals surface area contributed by atoms with Crippen molar-refractivity contribution in [1.82, 2.24) is 5.32 Å². The fourth-order valence-electron chi connectivity index (χ4n) is 1.48. The van der Waals surface area contributed by atoms with Crippen molar-refractivity contribution in [2.24, 2.45) is 0 Å². The van der Waals surface area contributed by atoms with Crippen LogP contribution in [0.3, 0.4) is 0 Å². The van der Waals surface area contributed by atoms with Gasteiger partial charge in [0.25, 0.3) is 0 Å². The molecule has 0 bridgehead atoms. The van der Waals surface area contributed by atoms with E-state index in [0.717, 1.165) is 11.9 Å². The number of aromatic hydroxyl groups is 1. The van der Waals surface area contributed by atoms with Gasteiger partial charge in [-0.3, -0.25) is 0 Å². The number of rotatable bonds is 3. The zero-order valence-electron chi connectivity index (χ0n) is 8.95. The normalized spacial score (nSPS) is 11.4. The molecule has 1 aromatic carbocycles. The van der Waals surface area contributed by atoms with Crippen molar-refractivity contribution in [3.05, 3.63) is 29.1 Å². The van der Waals surface area contributed by atoms with Gasteiger partial charge in [-0.1, -0.05) is 13.8 Å². The molecule has 80 valence electrons. The van der Waals surface area contributed by atoms with Crippen molar-refractivity contribution in [1.29, 1.82) is 0 Å². The first kappa shape index (κ1) is 10.5. The van der Waals surface area contributed by atoms with Gasteiger partial charge in [-0.2, -0.15) is 0 Å². The van der Waals surface area contributed by atoms with E-state index in [-0.39, 0.29) is 0 Å². The maximum absolute atomic E-state index is 9.35. The van der Waals surface area contributed by atoms with Gasteiger partial charge in [-0.05, 0) is 29.7 Å². The Bertz CT molecular complexity index is 462. The molecule has 0 aliphatic rings. The Morgan fingerprint density at radius 2 is 2.13 bits per heavy atom. The second-order valence-corrected chi connectivity index (χ2v) is 5.14. The summed E-state index contributed by atoms with van der Waals surface area (Å²) in [6, 6.07) is 8.15. The number of hydrogen-bond donors (Lipinski definition) is 2. The highest BCUT2D eigenvalue weighted by atomic mass is 32.1. The first-order chi connectivity index (χ1) is 7.15. The number of thiophene rings is 1. The molecule has 2 rings (SSSR count). The molecule has 0 spiro atoms. The van der Waals surface area contributed by atoms with Crippen LogP contribution in [0.15, 0.2) is 24.3 Å². The summed E-state index contributed by atoms with van der Waals surface area (Å²) in [5.74, 6) is 0.337. The first-order valence-corrected chi connectivity index (χ1v) is 5.91. The van der Waals surface area contributed by atoms with Crippen LogP contribution in [0.4, 0.5) is 0 Å². The van der Waals surface area contributed by atoms with Crippen molar-refractivity contribution < 1.29 is 5.11 Å². The second kappa shape index (κ2) is 4.21. The number of nitrogens with one attached hydrogen (secondary N) is 1. The van der Waals surface area contributed by atoms with E-state index in [4.69, 9.17) is 0 Å². The highest BCUT2D eigenvalue weighted by molar-refractivity contribution is 7.19. The van der Waals surface area contributed by atoms with Gasteiger partial charge in [0.05, 0.1) is 0 Å². The average molecular weight is 221 g/mol. The number of benzene rings is 1. The lowest BCUT2D eigenvalue weighted by atomic mass is 10.2. The lowest BCUT2D eigenvalue weighted by molar-refractivity contribution is 0.476. The highest BCUT2D eigenvalue weighted by Crippen LogP contribution is 2.28. The molecule has 0 unspecified atom stereocenters. The lowest BCUT2D eigenvalue weighted by Crippen LogP contribution is -2.21. The van der Waals surface area contributed by atoms with Crippen LogP contribution in [0.25, 0.3) is 10.1 Å². The molecule has 0 amide bonds. The molecule has 0 atom stereocenters. The summed E-state index contributed by atoms with van der Waals surface area (Å²) < 4.78 is 1.23. The highest BCUT2D eigenvalue weighted by Gasteiger charge is 2.02. The predicted molar refractivity (Wildman–Crippen MR) is 65.5 cm³/mol. The lowest BCUT2D eigenvalue weighted by Gasteiger charge is -2.04. The molecule has 3 heteroatoms. The van der Waals surface area contributed by atoms with Gasteiger partial charge < -0.3 is 10.4 Å². The minimum atomic E-state index is 0.337. The van der Waals surface area contributed by atoms with Crippen LogP contribution in [-0.4, -0.2) is 11.1 Å². The molecule has 1 heterocycles. The molecule has 0 radical (unpaired) electrons. The quantitative estimate of drug-likeness (QED) is 0.834. The van der Waals surface area contributed by atoms with E-state index in [1.54, 1.807) is 17.4 Å². The fraction of sp³-hybridized carbons (Fsp3) is 0.333. The summed E-state index contributed by atoms with van der Waals surface area (Å²) in [6.07, 6.45) is 0. The Kier molecular flexibility index (Phi) is 2.93. The Labute approximate surface area is 93.6 Å². The van der Waals surface area contributed by atoms with E-state index in [9.17, 15) is 5.11 Å². The Hall–Kier alpha value is -1.06. The van der Waals surface area contributed by atoms with E-state index in [0.29, 0.717) is 11.8 Å². The van der Waals surface area contributed by atoms with Crippen molar-refractivity contribution in [3.63, 3.8) is 0 Å². The maximum atomic E-state index is 9.35. The summed E-state index contributed by atoms with van der Waals surface area (Å²) in [5, 5.41) is 13.9. The molecule has 15 heavy (non-hydrogen) atoms. The molecule has 0 saturated heterocycles. The molecule has 0 aliphatic heterocycles. The summed E-state index contributed by atoms with van der Waals surface area (Å²) >= 11 is 1.77. The zero-order chi connectivity index (χ0) is 10.8. The molecule has 0 fully saturated rings. The van der Waals surface area contributed by atoms with Gasteiger partial charge in [0.2, 0.25) is 0 Å². The van der Waals surface area contributed by atoms with Gasteiger partial charge in [0, 0.05) is 22.2 Å². The molecule has 0 saturated carbocycles. The van der Waals surface area contributed by atoms with Crippen LogP contribution in [0.2, 0.25) is 0 Å². The van der Waals surface area contributed by atoms with E-state index in [2.05, 4.69) is 25.2 Å². The summed E-state index contributed by atoms with van der Waals surface area (Å²) in [7, 11) is 0. The van der Waals surface area contributed by atoms with Gasteiger partial charge >= 0.3 is 0 Å². The maximum Gasteiger partial charge on any atom is 0.116 e. The topological polar surface area (TPSA) is 32.3 Å². The van der Waals surface area contributed by atoms with Crippen LogP contribution < -0.4 is 5.32 Å². The minimum absolute atomic E-state index is 0.337. The third-order valence-corrected chi connectivity index (χ3v) is 3.35. The van der Waals surface area contributed by atoms with E-state index in [1.165, 1.54) is 9.58 Å². The Morgan fingerprint density at radius 1 is 1.33 bits per heavy atom. The van der Waals surface area contributed by atoms with Crippen molar-refractivity contribution in [2.75, 3.05) is 0 Å². The smallest absolute Gasteiger partial charge is 0.116 e. The molecule has 0 aliphatic carbocycles. The van der Waals surface area contributed by atoms with Crippen LogP contribution >= 0.6 is 11.3 Å². The largest absolute Gasteiger partial charge is 0.508 e. The molecular weight excluding hydrogens is 206 g/mol. The number of phenols is 1. The van der Waals surface area contributed by atoms with Gasteiger partial charge in [0.1, 0.15) is 5.75 Å². The minimum Gasteiger partial charge on any atom is -0.508 e. The van der Waals surface area contributed by atoms with Gasteiger partial charge in [0.15, 0.2) is 0 Å². The molecule has 2 nitrogen and oxygen atoms in total. The summed E-state index contributed by atoms with van der Waals surface area (Å²) in [6.45, 7) is 5.18. The van der Waals surface area contributed by atoms with Crippen molar-refractivity contribution in [3.8, 4) is 5.75 Å². The number of fused-ring (bicyclic) bond motifs is 1. The number of phenolic OH excluding ortho intramolecular Hbond substituents is 1. The van der Waals surface area contributed by atoms with E-state index in [1.807, 2.05) is 12.1 Å².